The van der Waals surface area contributed by atoms with E-state index in [4.69, 9.17) is 0 Å². The summed E-state index contributed by atoms with van der Waals surface area (Å²) in [5.74, 6) is 0.260. The average molecular weight is 152 g/mol. The maximum Gasteiger partial charge on any atom is 0.0611 e. The number of hydrogen-bond donors (Lipinski definition) is 1. The fraction of sp³-hybridized carbons (Fsp3) is 0.600. The van der Waals surface area contributed by atoms with Gasteiger partial charge in [0.1, 0.15) is 0 Å². The second-order valence-electron chi connectivity index (χ2n) is 3.51. The van der Waals surface area contributed by atoms with E-state index >= 15 is 0 Å². The Labute approximate surface area is 68.4 Å². The van der Waals surface area contributed by atoms with E-state index in [-0.39, 0.29) is 12.0 Å². The van der Waals surface area contributed by atoms with Crippen molar-refractivity contribution >= 4 is 0 Å². The van der Waals surface area contributed by atoms with Gasteiger partial charge in [-0.3, -0.25) is 0 Å². The van der Waals surface area contributed by atoms with Gasteiger partial charge >= 0.3 is 0 Å². The molecule has 0 aromatic rings. The molecule has 1 aliphatic carbocycles. The molecule has 0 heterocycles. The van der Waals surface area contributed by atoms with Gasteiger partial charge in [0, 0.05) is 5.92 Å². The summed E-state index contributed by atoms with van der Waals surface area (Å²) in [5.41, 5.74) is 2.33. The molecule has 0 amide bonds. The van der Waals surface area contributed by atoms with Gasteiger partial charge < -0.3 is 5.11 Å². The van der Waals surface area contributed by atoms with E-state index < -0.39 is 0 Å². The normalized spacial score (nSPS) is 32.0. The molecule has 2 atom stereocenters. The molecule has 1 heteroatoms. The van der Waals surface area contributed by atoms with Crippen LogP contribution in [-0.4, -0.2) is 11.2 Å². The minimum Gasteiger partial charge on any atom is -0.392 e. The summed E-state index contributed by atoms with van der Waals surface area (Å²) in [6, 6.07) is 0. The van der Waals surface area contributed by atoms with Crippen molar-refractivity contribution in [3.8, 4) is 0 Å². The SMILES string of the molecule is C=C1CCC(O)C(C(=C)C)C1. The Balaban J connectivity index is 2.61. The van der Waals surface area contributed by atoms with Gasteiger partial charge in [0.25, 0.3) is 0 Å². The van der Waals surface area contributed by atoms with Crippen LogP contribution in [0.3, 0.4) is 0 Å². The molecule has 0 aromatic heterocycles. The molecule has 0 saturated heterocycles. The van der Waals surface area contributed by atoms with Gasteiger partial charge in [-0.15, -0.1) is 0 Å². The van der Waals surface area contributed by atoms with E-state index in [1.54, 1.807) is 0 Å². The van der Waals surface area contributed by atoms with E-state index in [1.807, 2.05) is 6.92 Å². The summed E-state index contributed by atoms with van der Waals surface area (Å²) in [5, 5.41) is 9.56. The molecule has 0 aromatic carbocycles. The van der Waals surface area contributed by atoms with Crippen LogP contribution in [0.1, 0.15) is 26.2 Å². The lowest BCUT2D eigenvalue weighted by Gasteiger charge is -2.29. The highest BCUT2D eigenvalue weighted by Crippen LogP contribution is 2.31. The van der Waals surface area contributed by atoms with E-state index in [0.717, 1.165) is 24.8 Å². The standard InChI is InChI=1S/C10H16O/c1-7(2)9-6-8(3)4-5-10(9)11/h9-11H,1,3-6H2,2H3. The van der Waals surface area contributed by atoms with Crippen molar-refractivity contribution in [1.82, 2.24) is 0 Å². The second-order valence-corrected chi connectivity index (χ2v) is 3.51. The first-order valence-electron chi connectivity index (χ1n) is 4.11. The van der Waals surface area contributed by atoms with E-state index in [1.165, 1.54) is 5.57 Å². The zero-order valence-electron chi connectivity index (χ0n) is 7.14. The van der Waals surface area contributed by atoms with Crippen LogP contribution in [0.4, 0.5) is 0 Å². The van der Waals surface area contributed by atoms with Crippen molar-refractivity contribution in [1.29, 1.82) is 0 Å². The van der Waals surface area contributed by atoms with Crippen LogP contribution in [0.25, 0.3) is 0 Å². The Morgan fingerprint density at radius 2 is 2.27 bits per heavy atom. The van der Waals surface area contributed by atoms with Gasteiger partial charge in [0.15, 0.2) is 0 Å². The highest BCUT2D eigenvalue weighted by Gasteiger charge is 2.24. The molecule has 1 fully saturated rings. The molecule has 11 heavy (non-hydrogen) atoms. The summed E-state index contributed by atoms with van der Waals surface area (Å²) in [6.07, 6.45) is 2.58. The first kappa shape index (κ1) is 8.54. The first-order chi connectivity index (χ1) is 5.11. The lowest BCUT2D eigenvalue weighted by Crippen LogP contribution is -2.25. The quantitative estimate of drug-likeness (QED) is 0.571. The van der Waals surface area contributed by atoms with Gasteiger partial charge in [-0.2, -0.15) is 0 Å². The first-order valence-corrected chi connectivity index (χ1v) is 4.11. The van der Waals surface area contributed by atoms with Gasteiger partial charge in [0.2, 0.25) is 0 Å². The predicted molar refractivity (Wildman–Crippen MR) is 47.3 cm³/mol. The zero-order chi connectivity index (χ0) is 8.43. The molecular weight excluding hydrogens is 136 g/mol. The highest BCUT2D eigenvalue weighted by atomic mass is 16.3. The Bertz CT molecular complexity index is 181. The molecule has 0 bridgehead atoms. The van der Waals surface area contributed by atoms with Crippen LogP contribution in [0.15, 0.2) is 24.3 Å². The molecule has 1 N–H and O–H groups in total. The van der Waals surface area contributed by atoms with Gasteiger partial charge in [0.05, 0.1) is 6.10 Å². The van der Waals surface area contributed by atoms with Gasteiger partial charge in [-0.1, -0.05) is 24.3 Å². The number of aliphatic hydroxyl groups excluding tert-OH is 1. The predicted octanol–water partition coefficient (Wildman–Crippen LogP) is 2.28. The van der Waals surface area contributed by atoms with Crippen LogP contribution in [0.5, 0.6) is 0 Å². The van der Waals surface area contributed by atoms with Crippen molar-refractivity contribution < 1.29 is 5.11 Å². The fourth-order valence-electron chi connectivity index (χ4n) is 1.60. The van der Waals surface area contributed by atoms with Crippen molar-refractivity contribution in [3.63, 3.8) is 0 Å². The topological polar surface area (TPSA) is 20.2 Å². The molecule has 62 valence electrons. The third-order valence-electron chi connectivity index (χ3n) is 2.40. The molecule has 0 radical (unpaired) electrons. The lowest BCUT2D eigenvalue weighted by atomic mass is 9.80. The zero-order valence-corrected chi connectivity index (χ0v) is 7.14. The van der Waals surface area contributed by atoms with Gasteiger partial charge in [-0.05, 0) is 26.2 Å². The van der Waals surface area contributed by atoms with E-state index in [0.29, 0.717) is 0 Å². The molecule has 0 spiro atoms. The van der Waals surface area contributed by atoms with Crippen LogP contribution in [0, 0.1) is 5.92 Å². The van der Waals surface area contributed by atoms with Crippen LogP contribution in [0.2, 0.25) is 0 Å². The number of allylic oxidation sites excluding steroid dienone is 1. The molecule has 1 aliphatic rings. The monoisotopic (exact) mass is 152 g/mol. The Hall–Kier alpha value is -0.560. The van der Waals surface area contributed by atoms with Gasteiger partial charge in [-0.25, -0.2) is 0 Å². The minimum absolute atomic E-state index is 0.182. The fourth-order valence-corrected chi connectivity index (χ4v) is 1.60. The summed E-state index contributed by atoms with van der Waals surface area (Å²) in [6.45, 7) is 9.77. The Morgan fingerprint density at radius 1 is 1.64 bits per heavy atom. The third-order valence-corrected chi connectivity index (χ3v) is 2.40. The molecule has 1 rings (SSSR count). The summed E-state index contributed by atoms with van der Waals surface area (Å²) in [7, 11) is 0. The molecule has 1 saturated carbocycles. The second kappa shape index (κ2) is 3.22. The smallest absolute Gasteiger partial charge is 0.0611 e. The minimum atomic E-state index is -0.182. The summed E-state index contributed by atoms with van der Waals surface area (Å²) < 4.78 is 0. The lowest BCUT2D eigenvalue weighted by molar-refractivity contribution is 0.103. The van der Waals surface area contributed by atoms with Crippen molar-refractivity contribution in [2.45, 2.75) is 32.3 Å². The van der Waals surface area contributed by atoms with Crippen molar-refractivity contribution in [2.75, 3.05) is 0 Å². The largest absolute Gasteiger partial charge is 0.392 e. The molecule has 1 nitrogen and oxygen atoms in total. The van der Waals surface area contributed by atoms with Crippen LogP contribution >= 0.6 is 0 Å². The number of aliphatic hydroxyl groups is 1. The van der Waals surface area contributed by atoms with Crippen LogP contribution < -0.4 is 0 Å². The van der Waals surface area contributed by atoms with Crippen molar-refractivity contribution in [3.05, 3.63) is 24.3 Å². The molecular formula is C10H16O. The maximum absolute atomic E-state index is 9.56. The molecule has 2 unspecified atom stereocenters. The van der Waals surface area contributed by atoms with E-state index in [9.17, 15) is 5.11 Å². The molecule has 0 aliphatic heterocycles. The van der Waals surface area contributed by atoms with Crippen LogP contribution in [-0.2, 0) is 0 Å². The highest BCUT2D eigenvalue weighted by molar-refractivity contribution is 5.11. The number of hydrogen-bond acceptors (Lipinski definition) is 1. The summed E-state index contributed by atoms with van der Waals surface area (Å²) >= 11 is 0. The third kappa shape index (κ3) is 1.93. The Kier molecular flexibility index (Phi) is 2.50. The van der Waals surface area contributed by atoms with E-state index in [2.05, 4.69) is 13.2 Å². The van der Waals surface area contributed by atoms with Crippen molar-refractivity contribution in [2.24, 2.45) is 5.92 Å². The maximum atomic E-state index is 9.56. The number of rotatable bonds is 1. The Morgan fingerprint density at radius 3 is 2.73 bits per heavy atom. The summed E-state index contributed by atoms with van der Waals surface area (Å²) in [4.78, 5) is 0. The average Bonchev–Trinajstić information content (AvgIpc) is 1.94.